The molecule has 2 aromatic rings. The first kappa shape index (κ1) is 21.2. The minimum atomic E-state index is -4.46. The molecule has 0 unspecified atom stereocenters. The fourth-order valence-corrected chi connectivity index (χ4v) is 3.35. The number of aliphatic imine (C=N–C) groups is 1. The van der Waals surface area contributed by atoms with Crippen LogP contribution in [0.3, 0.4) is 0 Å². The molecule has 148 valence electrons. The second-order valence-electron chi connectivity index (χ2n) is 5.69. The van der Waals surface area contributed by atoms with Crippen molar-refractivity contribution in [2.75, 3.05) is 27.2 Å². The van der Waals surface area contributed by atoms with Gasteiger partial charge in [-0.2, -0.15) is 13.2 Å². The lowest BCUT2D eigenvalue weighted by molar-refractivity contribution is -0.140. The summed E-state index contributed by atoms with van der Waals surface area (Å²) in [4.78, 5) is 22.1. The lowest BCUT2D eigenvalue weighted by Gasteiger charge is -2.13. The molecule has 2 N–H and O–H groups in total. The fraction of sp³-hybridized carbons (Fsp3) is 0.438. The van der Waals surface area contributed by atoms with Crippen LogP contribution in [0.25, 0.3) is 0 Å². The zero-order valence-electron chi connectivity index (χ0n) is 14.8. The van der Waals surface area contributed by atoms with E-state index in [9.17, 15) is 18.0 Å². The van der Waals surface area contributed by atoms with Crippen molar-refractivity contribution in [2.45, 2.75) is 19.1 Å². The Kier molecular flexibility index (Phi) is 7.60. The summed E-state index contributed by atoms with van der Waals surface area (Å²) in [5.41, 5.74) is -0.906. The molecule has 0 bridgehead atoms. The standard InChI is InChI=1S/C16H20F3N5OS2/c1-24(2)14(25)9-22-15(20-6-5-11-4-3-7-26-11)21-8-13-23-12(10-27-13)16(17,18)19/h3-4,7,10H,5-6,8-9H2,1-2H3,(H2,20,21,22). The van der Waals surface area contributed by atoms with Crippen LogP contribution in [0, 0.1) is 0 Å². The molecule has 1 amide bonds. The van der Waals surface area contributed by atoms with Crippen LogP contribution in [-0.4, -0.2) is 48.9 Å². The van der Waals surface area contributed by atoms with Crippen LogP contribution in [-0.2, 0) is 23.9 Å². The van der Waals surface area contributed by atoms with E-state index in [2.05, 4.69) is 20.6 Å². The number of hydrogen-bond donors (Lipinski definition) is 2. The molecule has 0 aromatic carbocycles. The number of rotatable bonds is 7. The number of aromatic nitrogens is 1. The highest BCUT2D eigenvalue weighted by molar-refractivity contribution is 7.10. The molecule has 0 aliphatic carbocycles. The summed E-state index contributed by atoms with van der Waals surface area (Å²) in [5, 5.41) is 9.27. The molecule has 0 radical (unpaired) electrons. The molecular weight excluding hydrogens is 399 g/mol. The van der Waals surface area contributed by atoms with E-state index in [1.807, 2.05) is 17.5 Å². The number of amides is 1. The van der Waals surface area contributed by atoms with Crippen LogP contribution >= 0.6 is 22.7 Å². The maximum atomic E-state index is 12.6. The van der Waals surface area contributed by atoms with Crippen LogP contribution in [0.1, 0.15) is 15.6 Å². The molecule has 0 saturated heterocycles. The van der Waals surface area contributed by atoms with Gasteiger partial charge in [-0.3, -0.25) is 4.79 Å². The molecule has 2 aromatic heterocycles. The summed E-state index contributed by atoms with van der Waals surface area (Å²) in [6, 6.07) is 3.98. The van der Waals surface area contributed by atoms with Crippen molar-refractivity contribution < 1.29 is 18.0 Å². The zero-order valence-corrected chi connectivity index (χ0v) is 16.5. The second kappa shape index (κ2) is 9.70. The fourth-order valence-electron chi connectivity index (χ4n) is 1.90. The highest BCUT2D eigenvalue weighted by Crippen LogP contribution is 2.29. The van der Waals surface area contributed by atoms with Gasteiger partial charge < -0.3 is 15.5 Å². The number of thiazole rings is 1. The van der Waals surface area contributed by atoms with Gasteiger partial charge in [-0.1, -0.05) is 6.07 Å². The number of guanidine groups is 1. The summed E-state index contributed by atoms with van der Waals surface area (Å²) >= 11 is 2.56. The second-order valence-corrected chi connectivity index (χ2v) is 7.66. The van der Waals surface area contributed by atoms with Gasteiger partial charge in [-0.05, 0) is 17.9 Å². The van der Waals surface area contributed by atoms with E-state index >= 15 is 0 Å². The van der Waals surface area contributed by atoms with Crippen LogP contribution in [0.4, 0.5) is 13.2 Å². The first-order valence-electron chi connectivity index (χ1n) is 8.02. The molecule has 2 rings (SSSR count). The Balaban J connectivity index is 1.94. The molecule has 6 nitrogen and oxygen atoms in total. The summed E-state index contributed by atoms with van der Waals surface area (Å²) in [6.07, 6.45) is -3.68. The summed E-state index contributed by atoms with van der Waals surface area (Å²) < 4.78 is 37.9. The Bertz CT molecular complexity index is 756. The smallest absolute Gasteiger partial charge is 0.356 e. The van der Waals surface area contributed by atoms with Crippen molar-refractivity contribution in [3.63, 3.8) is 0 Å². The third-order valence-corrected chi connectivity index (χ3v) is 5.15. The summed E-state index contributed by atoms with van der Waals surface area (Å²) in [6.45, 7) is 0.600. The van der Waals surface area contributed by atoms with Crippen LogP contribution in [0.2, 0.25) is 0 Å². The highest BCUT2D eigenvalue weighted by Gasteiger charge is 2.33. The van der Waals surface area contributed by atoms with E-state index in [1.165, 1.54) is 9.78 Å². The highest BCUT2D eigenvalue weighted by atomic mass is 32.1. The van der Waals surface area contributed by atoms with Gasteiger partial charge in [-0.25, -0.2) is 9.98 Å². The van der Waals surface area contributed by atoms with Gasteiger partial charge in [0.25, 0.3) is 0 Å². The van der Waals surface area contributed by atoms with Crippen molar-refractivity contribution in [3.05, 3.63) is 38.5 Å². The Morgan fingerprint density at radius 2 is 2.07 bits per heavy atom. The predicted octanol–water partition coefficient (Wildman–Crippen LogP) is 2.59. The molecule has 0 saturated carbocycles. The number of likely N-dealkylation sites (N-methyl/N-ethyl adjacent to an activating group) is 1. The van der Waals surface area contributed by atoms with Gasteiger partial charge in [0.05, 0.1) is 6.54 Å². The summed E-state index contributed by atoms with van der Waals surface area (Å²) in [7, 11) is 3.26. The van der Waals surface area contributed by atoms with E-state index in [0.29, 0.717) is 12.5 Å². The molecule has 0 atom stereocenters. The lowest BCUT2D eigenvalue weighted by atomic mass is 10.3. The van der Waals surface area contributed by atoms with Gasteiger partial charge in [0.15, 0.2) is 11.7 Å². The number of alkyl halides is 3. The molecule has 0 spiro atoms. The molecule has 27 heavy (non-hydrogen) atoms. The number of nitrogens with zero attached hydrogens (tertiary/aromatic N) is 3. The van der Waals surface area contributed by atoms with Gasteiger partial charge in [0.2, 0.25) is 5.91 Å². The Morgan fingerprint density at radius 3 is 2.67 bits per heavy atom. The molecule has 0 aliphatic rings. The monoisotopic (exact) mass is 419 g/mol. The average molecular weight is 419 g/mol. The SMILES string of the molecule is CN(C)C(=O)CN=C(NCCc1cccs1)NCc1nc(C(F)(F)F)cs1. The van der Waals surface area contributed by atoms with Crippen molar-refractivity contribution in [3.8, 4) is 0 Å². The van der Waals surface area contributed by atoms with Crippen LogP contribution < -0.4 is 10.6 Å². The Labute approximate surface area is 163 Å². The quantitative estimate of drug-likeness (QED) is 0.535. The lowest BCUT2D eigenvalue weighted by Crippen LogP contribution is -2.39. The normalized spacial score (nSPS) is 12.1. The number of carbonyl (C=O) groups excluding carboxylic acids is 1. The number of halogens is 3. The largest absolute Gasteiger partial charge is 0.434 e. The van der Waals surface area contributed by atoms with Gasteiger partial charge in [0, 0.05) is 30.9 Å². The maximum absolute atomic E-state index is 12.6. The van der Waals surface area contributed by atoms with Gasteiger partial charge in [0.1, 0.15) is 11.6 Å². The Hall–Kier alpha value is -2.14. The van der Waals surface area contributed by atoms with E-state index in [4.69, 9.17) is 0 Å². The van der Waals surface area contributed by atoms with Crippen molar-refractivity contribution >= 4 is 34.5 Å². The first-order valence-corrected chi connectivity index (χ1v) is 9.78. The van der Waals surface area contributed by atoms with E-state index in [-0.39, 0.29) is 24.0 Å². The average Bonchev–Trinajstić information content (AvgIpc) is 3.27. The summed E-state index contributed by atoms with van der Waals surface area (Å²) in [5.74, 6) is 0.175. The molecular formula is C16H20F3N5OS2. The maximum Gasteiger partial charge on any atom is 0.434 e. The minimum Gasteiger partial charge on any atom is -0.356 e. The zero-order chi connectivity index (χ0) is 19.9. The van der Waals surface area contributed by atoms with E-state index in [1.54, 1.807) is 25.4 Å². The van der Waals surface area contributed by atoms with Crippen LogP contribution in [0.5, 0.6) is 0 Å². The first-order chi connectivity index (χ1) is 12.8. The van der Waals surface area contributed by atoms with Gasteiger partial charge >= 0.3 is 6.18 Å². The van der Waals surface area contributed by atoms with E-state index < -0.39 is 11.9 Å². The third-order valence-electron chi connectivity index (χ3n) is 3.36. The van der Waals surface area contributed by atoms with Crippen LogP contribution in [0.15, 0.2) is 27.9 Å². The number of nitrogens with one attached hydrogen (secondary N) is 2. The number of carbonyl (C=O) groups is 1. The topological polar surface area (TPSA) is 69.6 Å². The third kappa shape index (κ3) is 7.18. The van der Waals surface area contributed by atoms with Crippen molar-refractivity contribution in [2.24, 2.45) is 4.99 Å². The number of hydrogen-bond acceptors (Lipinski definition) is 5. The number of thiophene rings is 1. The molecule has 11 heteroatoms. The predicted molar refractivity (Wildman–Crippen MR) is 101 cm³/mol. The van der Waals surface area contributed by atoms with Gasteiger partial charge in [-0.15, -0.1) is 22.7 Å². The van der Waals surface area contributed by atoms with E-state index in [0.717, 1.165) is 23.1 Å². The Morgan fingerprint density at radius 1 is 1.30 bits per heavy atom. The van der Waals surface area contributed by atoms with Crippen molar-refractivity contribution in [1.29, 1.82) is 0 Å². The minimum absolute atomic E-state index is 0.0625. The molecule has 0 aliphatic heterocycles. The molecule has 2 heterocycles. The molecule has 0 fully saturated rings. The van der Waals surface area contributed by atoms with Crippen molar-refractivity contribution in [1.82, 2.24) is 20.5 Å².